The highest BCUT2D eigenvalue weighted by Crippen LogP contribution is 2.46. The van der Waals surface area contributed by atoms with Crippen molar-refractivity contribution in [1.29, 1.82) is 0 Å². The molecule has 0 unspecified atom stereocenters. The predicted molar refractivity (Wildman–Crippen MR) is 182 cm³/mol. The van der Waals surface area contributed by atoms with Gasteiger partial charge in [-0.05, 0) is 78.0 Å². The number of likely N-dealkylation sites (tertiary alicyclic amines) is 1. The summed E-state index contributed by atoms with van der Waals surface area (Å²) in [4.78, 5) is 58.3. The van der Waals surface area contributed by atoms with Gasteiger partial charge in [-0.15, -0.1) is 0 Å². The molecule has 0 bridgehead atoms. The Labute approximate surface area is 286 Å². The fraction of sp³-hybridized carbons (Fsp3) is 0.400. The summed E-state index contributed by atoms with van der Waals surface area (Å²) in [5.74, 6) is 6.84. The number of Topliss-reactive ketones (excluding diaryl/α,β-unsaturated/α-hetero) is 1. The second-order valence-electron chi connectivity index (χ2n) is 12.8. The zero-order valence-corrected chi connectivity index (χ0v) is 28.8. The van der Waals surface area contributed by atoms with Gasteiger partial charge in [0, 0.05) is 49.9 Å². The highest BCUT2D eigenvalue weighted by atomic mass is 79.9. The van der Waals surface area contributed by atoms with Crippen molar-refractivity contribution in [2.45, 2.75) is 52.7 Å². The van der Waals surface area contributed by atoms with Gasteiger partial charge in [-0.2, -0.15) is 5.10 Å². The van der Waals surface area contributed by atoms with E-state index in [1.54, 1.807) is 22.0 Å². The second-order valence-corrected chi connectivity index (χ2v) is 13.6. The number of pyridine rings is 1. The molecule has 0 spiro atoms. The molecule has 3 aromatic heterocycles. The monoisotopic (exact) mass is 710 g/mol. The lowest BCUT2D eigenvalue weighted by molar-refractivity contribution is -0.138. The van der Waals surface area contributed by atoms with Gasteiger partial charge in [0.05, 0.1) is 24.1 Å². The zero-order chi connectivity index (χ0) is 33.7. The molecule has 2 saturated heterocycles. The molecule has 1 aliphatic carbocycles. The summed E-state index contributed by atoms with van der Waals surface area (Å²) >= 11 is 3.39. The molecular weight excluding hydrogens is 676 g/mol. The number of nitrogens with one attached hydrogen (secondary N) is 1. The van der Waals surface area contributed by atoms with Crippen LogP contribution in [0, 0.1) is 38.0 Å². The third kappa shape index (κ3) is 5.78. The van der Waals surface area contributed by atoms with Crippen molar-refractivity contribution in [1.82, 2.24) is 34.5 Å². The van der Waals surface area contributed by atoms with Crippen LogP contribution in [0.1, 0.15) is 40.8 Å². The number of fused-ring (bicyclic) bond motifs is 2. The standard InChI is InChI=1S/C35H35BrN8O4/c1-20-5-6-29(36)39-33(20)40-34(47)27-15-35(19-42-9-11-48-12-10-42)8-7-28(35)44(27)30(46)18-43-32-21(2)13-24(25-16-37-23(4)38-17-25)14-26(32)31(41-43)22(3)45/h5-6,13-14,16-17,27-28H,9-12,15,18-19H2,1-4H3,(H,39,40,47)/t27-,28+,35+/m0/s1. The van der Waals surface area contributed by atoms with Crippen molar-refractivity contribution in [3.05, 3.63) is 63.9 Å². The number of hydrogen-bond acceptors (Lipinski definition) is 9. The molecule has 1 aromatic carbocycles. The fourth-order valence-corrected chi connectivity index (χ4v) is 7.31. The van der Waals surface area contributed by atoms with E-state index in [1.165, 1.54) is 6.92 Å². The number of rotatable bonds is 8. The van der Waals surface area contributed by atoms with Gasteiger partial charge >= 0.3 is 0 Å². The maximum absolute atomic E-state index is 14.4. The maximum Gasteiger partial charge on any atom is 0.248 e. The highest BCUT2D eigenvalue weighted by Gasteiger charge is 2.59. The molecule has 12 nitrogen and oxygen atoms in total. The Balaban J connectivity index is 1.23. The van der Waals surface area contributed by atoms with E-state index in [2.05, 4.69) is 58.0 Å². The molecule has 3 aliphatic rings. The molecule has 4 aromatic rings. The minimum Gasteiger partial charge on any atom is -0.379 e. The molecule has 13 heteroatoms. The number of nitrogens with zero attached hydrogens (tertiary/aromatic N) is 7. The van der Waals surface area contributed by atoms with Gasteiger partial charge in [-0.25, -0.2) is 15.0 Å². The first-order valence-corrected chi connectivity index (χ1v) is 16.7. The van der Waals surface area contributed by atoms with Gasteiger partial charge in [-0.1, -0.05) is 17.9 Å². The van der Waals surface area contributed by atoms with Crippen molar-refractivity contribution in [3.63, 3.8) is 0 Å². The molecule has 0 radical (unpaired) electrons. The van der Waals surface area contributed by atoms with Crippen LogP contribution in [-0.4, -0.2) is 97.1 Å². The molecule has 2 amide bonds. The van der Waals surface area contributed by atoms with E-state index in [0.29, 0.717) is 53.3 Å². The van der Waals surface area contributed by atoms with Gasteiger partial charge in [-0.3, -0.25) is 24.0 Å². The lowest BCUT2D eigenvalue weighted by Gasteiger charge is -2.40. The fourth-order valence-electron chi connectivity index (χ4n) is 7.00. The average Bonchev–Trinajstić information content (AvgIpc) is 3.52. The molecule has 3 atom stereocenters. The first kappa shape index (κ1) is 32.1. The molecule has 5 heterocycles. The van der Waals surface area contributed by atoms with E-state index in [0.717, 1.165) is 35.3 Å². The van der Waals surface area contributed by atoms with Gasteiger partial charge in [0.25, 0.3) is 0 Å². The number of carbonyl (C=O) groups is 3. The topological polar surface area (TPSA) is 135 Å². The Morgan fingerprint density at radius 2 is 1.81 bits per heavy atom. The van der Waals surface area contributed by atoms with E-state index in [-0.39, 0.29) is 29.8 Å². The normalized spacial score (nSPS) is 21.7. The number of aryl methyl sites for hydroxylation is 3. The molecule has 1 N–H and O–H groups in total. The summed E-state index contributed by atoms with van der Waals surface area (Å²) in [5.41, 5.74) is 3.70. The number of hydrogen-bond donors (Lipinski definition) is 1. The number of benzene rings is 1. The third-order valence-corrected chi connectivity index (χ3v) is 9.87. The minimum atomic E-state index is -0.797. The van der Waals surface area contributed by atoms with Crippen molar-refractivity contribution >= 4 is 50.2 Å². The Kier molecular flexibility index (Phi) is 8.35. The quantitative estimate of drug-likeness (QED) is 0.165. The molecule has 246 valence electrons. The molecule has 0 saturated carbocycles. The summed E-state index contributed by atoms with van der Waals surface area (Å²) in [6, 6.07) is 6.31. The molecule has 48 heavy (non-hydrogen) atoms. The van der Waals surface area contributed by atoms with Gasteiger partial charge in [0.2, 0.25) is 11.8 Å². The van der Waals surface area contributed by atoms with Gasteiger partial charge in [0.1, 0.15) is 40.6 Å². The van der Waals surface area contributed by atoms with Crippen LogP contribution >= 0.6 is 15.9 Å². The summed E-state index contributed by atoms with van der Waals surface area (Å²) in [7, 11) is 0. The lowest BCUT2D eigenvalue weighted by atomic mass is 9.73. The van der Waals surface area contributed by atoms with E-state index in [9.17, 15) is 14.4 Å². The first-order valence-electron chi connectivity index (χ1n) is 15.9. The first-order chi connectivity index (χ1) is 23.0. The number of ketones is 1. The number of anilines is 1. The Bertz CT molecular complexity index is 2030. The molecule has 7 rings (SSSR count). The third-order valence-electron chi connectivity index (χ3n) is 9.42. The summed E-state index contributed by atoms with van der Waals surface area (Å²) in [5, 5.41) is 8.27. The molecule has 2 aliphatic heterocycles. The van der Waals surface area contributed by atoms with Crippen molar-refractivity contribution in [3.8, 4) is 23.0 Å². The van der Waals surface area contributed by atoms with Crippen LogP contribution in [0.25, 0.3) is 22.0 Å². The summed E-state index contributed by atoms with van der Waals surface area (Å²) in [6.45, 7) is 10.4. The van der Waals surface area contributed by atoms with Crippen LogP contribution in [0.2, 0.25) is 0 Å². The largest absolute Gasteiger partial charge is 0.379 e. The average molecular weight is 712 g/mol. The smallest absolute Gasteiger partial charge is 0.248 e. The highest BCUT2D eigenvalue weighted by molar-refractivity contribution is 9.10. The number of morpholine rings is 1. The van der Waals surface area contributed by atoms with Gasteiger partial charge < -0.3 is 15.0 Å². The van der Waals surface area contributed by atoms with Crippen LogP contribution in [0.3, 0.4) is 0 Å². The van der Waals surface area contributed by atoms with E-state index in [4.69, 9.17) is 4.74 Å². The van der Waals surface area contributed by atoms with E-state index in [1.807, 2.05) is 45.0 Å². The van der Waals surface area contributed by atoms with Crippen LogP contribution in [0.15, 0.2) is 41.3 Å². The zero-order valence-electron chi connectivity index (χ0n) is 27.2. The van der Waals surface area contributed by atoms with Crippen molar-refractivity contribution in [2.24, 2.45) is 5.41 Å². The van der Waals surface area contributed by atoms with E-state index >= 15 is 0 Å². The van der Waals surface area contributed by atoms with Crippen LogP contribution < -0.4 is 5.32 Å². The summed E-state index contributed by atoms with van der Waals surface area (Å²) in [6.07, 6.45) is 3.89. The Morgan fingerprint density at radius 3 is 2.50 bits per heavy atom. The number of amides is 2. The van der Waals surface area contributed by atoms with Crippen molar-refractivity contribution in [2.75, 3.05) is 38.2 Å². The van der Waals surface area contributed by atoms with Crippen molar-refractivity contribution < 1.29 is 19.1 Å². The van der Waals surface area contributed by atoms with Crippen LogP contribution in [0.5, 0.6) is 0 Å². The second kappa shape index (κ2) is 12.5. The number of aromatic nitrogens is 5. The SMILES string of the molecule is CC(=O)c1nn(CC(=O)N2[C@H](C(=O)Nc3nc(Br)ccc3C)C[C@@]3(CN4CCOCC4)C#C[C@@H]23)c2c(C)cc(-c3cnc(C)nc3)cc12. The number of ether oxygens (including phenoxy) is 1. The Morgan fingerprint density at radius 1 is 1.06 bits per heavy atom. The maximum atomic E-state index is 14.4. The van der Waals surface area contributed by atoms with Crippen LogP contribution in [0.4, 0.5) is 5.82 Å². The lowest BCUT2D eigenvalue weighted by Crippen LogP contribution is -2.54. The summed E-state index contributed by atoms with van der Waals surface area (Å²) < 4.78 is 7.74. The van der Waals surface area contributed by atoms with Gasteiger partial charge in [0.15, 0.2) is 5.78 Å². The van der Waals surface area contributed by atoms with Crippen LogP contribution in [-0.2, 0) is 20.9 Å². The molecular formula is C35H35BrN8O4. The van der Waals surface area contributed by atoms with E-state index < -0.39 is 17.5 Å². The number of carbonyl (C=O) groups excluding carboxylic acids is 3. The Hall–Kier alpha value is -4.51. The predicted octanol–water partition coefficient (Wildman–Crippen LogP) is 3.72. The minimum absolute atomic E-state index is 0.165. The molecule has 2 fully saturated rings. The number of halogens is 1.